The summed E-state index contributed by atoms with van der Waals surface area (Å²) >= 11 is 0. The molecule has 2 fully saturated rings. The molecular formula is C25H30F3N5O3. The molecule has 0 spiro atoms. The largest absolute Gasteiger partial charge is 0.418 e. The highest BCUT2D eigenvalue weighted by Gasteiger charge is 2.33. The Bertz CT molecular complexity index is 1070. The summed E-state index contributed by atoms with van der Waals surface area (Å²) in [4.78, 5) is 30.0. The number of morpholine rings is 1. The molecule has 36 heavy (non-hydrogen) atoms. The van der Waals surface area contributed by atoms with Crippen molar-refractivity contribution in [2.45, 2.75) is 19.0 Å². The van der Waals surface area contributed by atoms with E-state index >= 15 is 0 Å². The first-order chi connectivity index (χ1) is 17.3. The van der Waals surface area contributed by atoms with Crippen molar-refractivity contribution in [1.82, 2.24) is 10.2 Å². The van der Waals surface area contributed by atoms with E-state index in [-0.39, 0.29) is 11.6 Å². The molecule has 194 valence electrons. The number of nitrogens with one attached hydrogen (secondary N) is 3. The van der Waals surface area contributed by atoms with E-state index in [1.54, 1.807) is 18.2 Å². The second-order valence-corrected chi connectivity index (χ2v) is 8.76. The quantitative estimate of drug-likeness (QED) is 0.530. The Balaban J connectivity index is 1.45. The van der Waals surface area contributed by atoms with Gasteiger partial charge in [-0.15, -0.1) is 0 Å². The van der Waals surface area contributed by atoms with Crippen LogP contribution in [0.5, 0.6) is 0 Å². The normalized spacial score (nSPS) is 16.6. The zero-order chi connectivity index (χ0) is 25.5. The molecule has 2 aliphatic heterocycles. The third-order valence-electron chi connectivity index (χ3n) is 6.24. The van der Waals surface area contributed by atoms with E-state index in [1.165, 1.54) is 18.2 Å². The van der Waals surface area contributed by atoms with Crippen LogP contribution in [-0.4, -0.2) is 69.3 Å². The lowest BCUT2D eigenvalue weighted by atomic mass is 10.1. The maximum absolute atomic E-state index is 13.3. The number of hydrogen-bond acceptors (Lipinski definition) is 5. The summed E-state index contributed by atoms with van der Waals surface area (Å²) in [5, 5.41) is 7.76. The molecule has 2 heterocycles. The van der Waals surface area contributed by atoms with Crippen molar-refractivity contribution in [1.29, 1.82) is 0 Å². The molecule has 2 aliphatic rings. The highest BCUT2D eigenvalue weighted by molar-refractivity contribution is 6.04. The van der Waals surface area contributed by atoms with Gasteiger partial charge in [0, 0.05) is 50.6 Å². The highest BCUT2D eigenvalue weighted by Crippen LogP contribution is 2.34. The number of carbonyl (C=O) groups excluding carboxylic acids is 2. The summed E-state index contributed by atoms with van der Waals surface area (Å²) < 4.78 is 45.1. The van der Waals surface area contributed by atoms with Crippen molar-refractivity contribution in [3.63, 3.8) is 0 Å². The van der Waals surface area contributed by atoms with Gasteiger partial charge in [-0.1, -0.05) is 12.1 Å². The third kappa shape index (κ3) is 6.67. The van der Waals surface area contributed by atoms with E-state index < -0.39 is 17.8 Å². The van der Waals surface area contributed by atoms with Crippen molar-refractivity contribution in [3.8, 4) is 0 Å². The molecule has 3 amide bonds. The van der Waals surface area contributed by atoms with E-state index in [0.717, 1.165) is 50.8 Å². The highest BCUT2D eigenvalue weighted by atomic mass is 19.4. The number of rotatable bonds is 7. The van der Waals surface area contributed by atoms with Crippen molar-refractivity contribution in [2.75, 3.05) is 68.0 Å². The smallest absolute Gasteiger partial charge is 0.379 e. The predicted octanol–water partition coefficient (Wildman–Crippen LogP) is 4.01. The van der Waals surface area contributed by atoms with Gasteiger partial charge in [0.1, 0.15) is 0 Å². The summed E-state index contributed by atoms with van der Waals surface area (Å²) in [5.74, 6) is -0.267. The van der Waals surface area contributed by atoms with E-state index in [9.17, 15) is 22.8 Å². The molecule has 0 aromatic heterocycles. The molecule has 2 aromatic rings. The molecule has 11 heteroatoms. The van der Waals surface area contributed by atoms with Gasteiger partial charge in [0.05, 0.1) is 30.0 Å². The van der Waals surface area contributed by atoms with Gasteiger partial charge in [-0.25, -0.2) is 4.79 Å². The Morgan fingerprint density at radius 1 is 0.944 bits per heavy atom. The molecular weight excluding hydrogens is 475 g/mol. The number of amides is 3. The Morgan fingerprint density at radius 3 is 2.39 bits per heavy atom. The van der Waals surface area contributed by atoms with Gasteiger partial charge in [-0.3, -0.25) is 9.69 Å². The summed E-state index contributed by atoms with van der Waals surface area (Å²) in [6.45, 7) is 5.82. The lowest BCUT2D eigenvalue weighted by molar-refractivity contribution is -0.136. The van der Waals surface area contributed by atoms with Gasteiger partial charge in [0.25, 0.3) is 5.91 Å². The molecule has 2 saturated heterocycles. The van der Waals surface area contributed by atoms with Crippen LogP contribution in [0.4, 0.5) is 35.0 Å². The van der Waals surface area contributed by atoms with Crippen LogP contribution >= 0.6 is 0 Å². The van der Waals surface area contributed by atoms with Crippen LogP contribution in [0.1, 0.15) is 28.8 Å². The van der Waals surface area contributed by atoms with Gasteiger partial charge in [-0.05, 0) is 43.2 Å². The van der Waals surface area contributed by atoms with Crippen LogP contribution in [0.3, 0.4) is 0 Å². The van der Waals surface area contributed by atoms with Gasteiger partial charge < -0.3 is 25.6 Å². The van der Waals surface area contributed by atoms with Crippen LogP contribution in [0.2, 0.25) is 0 Å². The minimum Gasteiger partial charge on any atom is -0.379 e. The number of halogens is 3. The van der Waals surface area contributed by atoms with E-state index in [1.807, 2.05) is 0 Å². The minimum absolute atomic E-state index is 0.267. The fraction of sp³-hybridized carbons (Fsp3) is 0.440. The standard InChI is InChI=1S/C25H30F3N5O3/c26-25(27,28)20-5-1-2-6-21(20)31-24(35)30-18-7-8-22(33-10-3-4-11-33)19(17-18)23(34)29-9-12-32-13-15-36-16-14-32/h1-2,5-8,17H,3-4,9-16H2,(H,29,34)(H2,30,31,35). The van der Waals surface area contributed by atoms with Crippen molar-refractivity contribution in [3.05, 3.63) is 53.6 Å². The van der Waals surface area contributed by atoms with Crippen LogP contribution in [0, 0.1) is 0 Å². The summed E-state index contributed by atoms with van der Waals surface area (Å²) in [6, 6.07) is 8.90. The molecule has 8 nitrogen and oxygen atoms in total. The maximum atomic E-state index is 13.3. The molecule has 0 saturated carbocycles. The van der Waals surface area contributed by atoms with Gasteiger partial charge in [0.2, 0.25) is 0 Å². The Hall–Kier alpha value is -3.31. The number of ether oxygens (including phenoxy) is 1. The first-order valence-electron chi connectivity index (χ1n) is 12.0. The SMILES string of the molecule is O=C(Nc1ccc(N2CCCC2)c(C(=O)NCCN2CCOCC2)c1)Nc1ccccc1C(F)(F)F. The topological polar surface area (TPSA) is 85.9 Å². The molecule has 0 bridgehead atoms. The van der Waals surface area contributed by atoms with Crippen LogP contribution < -0.4 is 20.9 Å². The molecule has 4 rings (SSSR count). The number of hydrogen-bond donors (Lipinski definition) is 3. The number of urea groups is 1. The van der Waals surface area contributed by atoms with Crippen molar-refractivity contribution in [2.24, 2.45) is 0 Å². The molecule has 3 N–H and O–H groups in total. The zero-order valence-corrected chi connectivity index (χ0v) is 19.9. The van der Waals surface area contributed by atoms with Gasteiger partial charge >= 0.3 is 12.2 Å². The number of carbonyl (C=O) groups is 2. The summed E-state index contributed by atoms with van der Waals surface area (Å²) in [6.07, 6.45) is -2.55. The fourth-order valence-corrected chi connectivity index (χ4v) is 4.40. The molecule has 0 radical (unpaired) electrons. The van der Waals surface area contributed by atoms with Gasteiger partial charge in [0.15, 0.2) is 0 Å². The van der Waals surface area contributed by atoms with Crippen molar-refractivity contribution >= 4 is 29.0 Å². The Morgan fingerprint density at radius 2 is 1.67 bits per heavy atom. The van der Waals surface area contributed by atoms with E-state index in [0.29, 0.717) is 37.6 Å². The number of para-hydroxylation sites is 1. The lowest BCUT2D eigenvalue weighted by Crippen LogP contribution is -2.41. The van der Waals surface area contributed by atoms with Crippen LogP contribution in [0.25, 0.3) is 0 Å². The maximum Gasteiger partial charge on any atom is 0.418 e. The average Bonchev–Trinajstić information content (AvgIpc) is 3.39. The molecule has 0 aliphatic carbocycles. The summed E-state index contributed by atoms with van der Waals surface area (Å²) in [5.41, 5.74) is 0.192. The van der Waals surface area contributed by atoms with E-state index in [4.69, 9.17) is 4.74 Å². The zero-order valence-electron chi connectivity index (χ0n) is 19.9. The molecule has 2 aromatic carbocycles. The predicted molar refractivity (Wildman–Crippen MR) is 132 cm³/mol. The number of anilines is 3. The molecule has 0 atom stereocenters. The fourth-order valence-electron chi connectivity index (χ4n) is 4.40. The number of alkyl halides is 3. The van der Waals surface area contributed by atoms with Crippen LogP contribution in [0.15, 0.2) is 42.5 Å². The van der Waals surface area contributed by atoms with Crippen LogP contribution in [-0.2, 0) is 10.9 Å². The second-order valence-electron chi connectivity index (χ2n) is 8.76. The lowest BCUT2D eigenvalue weighted by Gasteiger charge is -2.26. The first kappa shape index (κ1) is 25.8. The third-order valence-corrected chi connectivity index (χ3v) is 6.24. The number of benzene rings is 2. The average molecular weight is 506 g/mol. The number of nitrogens with zero attached hydrogens (tertiary/aromatic N) is 2. The molecule has 0 unspecified atom stereocenters. The second kappa shape index (κ2) is 11.6. The monoisotopic (exact) mass is 505 g/mol. The first-order valence-corrected chi connectivity index (χ1v) is 12.0. The van der Waals surface area contributed by atoms with E-state index in [2.05, 4.69) is 25.8 Å². The Kier molecular flexibility index (Phi) is 8.32. The Labute approximate surface area is 207 Å². The van der Waals surface area contributed by atoms with Crippen molar-refractivity contribution < 1.29 is 27.5 Å². The summed E-state index contributed by atoms with van der Waals surface area (Å²) in [7, 11) is 0. The minimum atomic E-state index is -4.60. The van der Waals surface area contributed by atoms with Gasteiger partial charge in [-0.2, -0.15) is 13.2 Å².